The molecule has 0 fully saturated rings. The number of nitriles is 1. The quantitative estimate of drug-likeness (QED) is 0.710. The number of thiophene rings is 1. The zero-order valence-electron chi connectivity index (χ0n) is 13.2. The molecule has 0 radical (unpaired) electrons. The minimum atomic E-state index is 0.518. The van der Waals surface area contributed by atoms with Crippen LogP contribution in [0.5, 0.6) is 0 Å². The zero-order valence-corrected chi connectivity index (χ0v) is 14.8. The minimum Gasteiger partial charge on any atom is -0.345 e. The van der Waals surface area contributed by atoms with E-state index < -0.39 is 0 Å². The van der Waals surface area contributed by atoms with Gasteiger partial charge < -0.3 is 5.32 Å². The van der Waals surface area contributed by atoms with Gasteiger partial charge in [0.1, 0.15) is 33.6 Å². The van der Waals surface area contributed by atoms with E-state index in [0.29, 0.717) is 5.57 Å². The van der Waals surface area contributed by atoms with E-state index in [4.69, 9.17) is 0 Å². The second-order valence-electron chi connectivity index (χ2n) is 5.72. The zero-order chi connectivity index (χ0) is 16.5. The normalized spacial score (nSPS) is 14.4. The summed E-state index contributed by atoms with van der Waals surface area (Å²) in [6.45, 7) is 1.92. The highest BCUT2D eigenvalue weighted by Crippen LogP contribution is 2.38. The van der Waals surface area contributed by atoms with Crippen LogP contribution in [0.3, 0.4) is 0 Å². The van der Waals surface area contributed by atoms with Crippen LogP contribution < -0.4 is 5.32 Å². The van der Waals surface area contributed by atoms with E-state index in [1.165, 1.54) is 34.6 Å². The second kappa shape index (κ2) is 6.30. The molecule has 0 atom stereocenters. The van der Waals surface area contributed by atoms with E-state index >= 15 is 0 Å². The lowest BCUT2D eigenvalue weighted by molar-refractivity contribution is 0.700. The average molecular weight is 353 g/mol. The maximum atomic E-state index is 9.41. The number of anilines is 1. The number of rotatable bonds is 3. The Kier molecular flexibility index (Phi) is 4.00. The van der Waals surface area contributed by atoms with Crippen molar-refractivity contribution in [1.82, 2.24) is 15.0 Å². The summed E-state index contributed by atoms with van der Waals surface area (Å²) < 4.78 is 0. The molecule has 24 heavy (non-hydrogen) atoms. The third-order valence-electron chi connectivity index (χ3n) is 4.07. The summed E-state index contributed by atoms with van der Waals surface area (Å²) in [5.74, 6) is 0.778. The van der Waals surface area contributed by atoms with Gasteiger partial charge in [-0.05, 0) is 38.2 Å². The van der Waals surface area contributed by atoms with Gasteiger partial charge in [-0.25, -0.2) is 15.0 Å². The summed E-state index contributed by atoms with van der Waals surface area (Å²) in [4.78, 5) is 15.7. The molecule has 3 heterocycles. The van der Waals surface area contributed by atoms with Crippen molar-refractivity contribution in [2.75, 3.05) is 5.32 Å². The van der Waals surface area contributed by atoms with Gasteiger partial charge in [-0.1, -0.05) is 0 Å². The Hall–Kier alpha value is -2.30. The van der Waals surface area contributed by atoms with Gasteiger partial charge in [0.15, 0.2) is 0 Å². The summed E-state index contributed by atoms with van der Waals surface area (Å²) in [7, 11) is 0. The summed E-state index contributed by atoms with van der Waals surface area (Å²) >= 11 is 3.24. The van der Waals surface area contributed by atoms with E-state index in [9.17, 15) is 5.26 Å². The first kappa shape index (κ1) is 15.2. The summed E-state index contributed by atoms with van der Waals surface area (Å²) in [6, 6.07) is 2.21. The maximum absolute atomic E-state index is 9.41. The van der Waals surface area contributed by atoms with Gasteiger partial charge in [0.25, 0.3) is 0 Å². The van der Waals surface area contributed by atoms with Crippen LogP contribution in [0, 0.1) is 18.3 Å². The third-order valence-corrected chi connectivity index (χ3v) is 6.27. The smallest absolute Gasteiger partial charge is 0.142 e. The number of allylic oxidation sites excluding steroid dienone is 1. The maximum Gasteiger partial charge on any atom is 0.142 e. The Morgan fingerprint density at radius 2 is 2.21 bits per heavy atom. The molecule has 3 aromatic rings. The molecule has 0 spiro atoms. The van der Waals surface area contributed by atoms with E-state index in [1.807, 2.05) is 12.3 Å². The monoisotopic (exact) mass is 353 g/mol. The van der Waals surface area contributed by atoms with E-state index in [0.717, 1.165) is 39.6 Å². The molecule has 3 aromatic heterocycles. The first-order valence-corrected chi connectivity index (χ1v) is 9.50. The second-order valence-corrected chi connectivity index (χ2v) is 7.66. The molecule has 7 heteroatoms. The first-order chi connectivity index (χ1) is 11.8. The molecule has 120 valence electrons. The van der Waals surface area contributed by atoms with Gasteiger partial charge in [-0.2, -0.15) is 5.26 Å². The number of fused-ring (bicyclic) bond motifs is 3. The molecule has 0 bridgehead atoms. The number of thiazole rings is 1. The van der Waals surface area contributed by atoms with E-state index in [2.05, 4.69) is 26.3 Å². The minimum absolute atomic E-state index is 0.518. The highest BCUT2D eigenvalue weighted by atomic mass is 32.1. The van der Waals surface area contributed by atoms with Crippen LogP contribution in [-0.4, -0.2) is 15.0 Å². The van der Waals surface area contributed by atoms with Crippen molar-refractivity contribution in [2.45, 2.75) is 32.6 Å². The Morgan fingerprint density at radius 1 is 1.33 bits per heavy atom. The lowest BCUT2D eigenvalue weighted by Gasteiger charge is -2.11. The fourth-order valence-corrected chi connectivity index (χ4v) is 4.95. The molecule has 1 aliphatic rings. The molecule has 0 saturated carbocycles. The standard InChI is InChI=1S/C17H15N5S2/c1-10-8-23-16(22-10)11(6-18)7-19-15-14-12-4-2-3-5-13(12)24-17(14)21-9-20-15/h7-9H,2-5H2,1H3,(H,19,20,21)/b11-7+. The summed E-state index contributed by atoms with van der Waals surface area (Å²) in [5, 5.41) is 16.4. The molecule has 1 N–H and O–H groups in total. The van der Waals surface area contributed by atoms with Crippen LogP contribution in [0.4, 0.5) is 5.82 Å². The highest BCUT2D eigenvalue weighted by molar-refractivity contribution is 7.19. The predicted molar refractivity (Wildman–Crippen MR) is 98.1 cm³/mol. The Balaban J connectivity index is 1.73. The Morgan fingerprint density at radius 3 is 3.00 bits per heavy atom. The van der Waals surface area contributed by atoms with Crippen molar-refractivity contribution in [3.63, 3.8) is 0 Å². The highest BCUT2D eigenvalue weighted by Gasteiger charge is 2.19. The Bertz CT molecular complexity index is 977. The van der Waals surface area contributed by atoms with Crippen LogP contribution >= 0.6 is 22.7 Å². The van der Waals surface area contributed by atoms with Crippen LogP contribution in [0.25, 0.3) is 15.8 Å². The van der Waals surface area contributed by atoms with Crippen LogP contribution in [-0.2, 0) is 12.8 Å². The third kappa shape index (κ3) is 2.68. The molecular formula is C17H15N5S2. The lowest BCUT2D eigenvalue weighted by Crippen LogP contribution is -2.01. The van der Waals surface area contributed by atoms with Crippen molar-refractivity contribution >= 4 is 44.3 Å². The largest absolute Gasteiger partial charge is 0.345 e. The molecule has 0 amide bonds. The molecule has 5 nitrogen and oxygen atoms in total. The van der Waals surface area contributed by atoms with Gasteiger partial charge in [-0.3, -0.25) is 0 Å². The van der Waals surface area contributed by atoms with Crippen molar-refractivity contribution in [3.8, 4) is 6.07 Å². The van der Waals surface area contributed by atoms with Crippen molar-refractivity contribution in [3.05, 3.63) is 39.0 Å². The predicted octanol–water partition coefficient (Wildman–Crippen LogP) is 4.31. The van der Waals surface area contributed by atoms with Gasteiger partial charge in [0.2, 0.25) is 0 Å². The topological polar surface area (TPSA) is 74.5 Å². The SMILES string of the molecule is Cc1csc(/C(C#N)=C/Nc2ncnc3sc4c(c23)CCCC4)n1. The molecule has 4 rings (SSSR count). The average Bonchev–Trinajstić information content (AvgIpc) is 3.19. The number of hydrogen-bond donors (Lipinski definition) is 1. The molecule has 0 aliphatic heterocycles. The fraction of sp³-hybridized carbons (Fsp3) is 0.294. The lowest BCUT2D eigenvalue weighted by atomic mass is 9.97. The van der Waals surface area contributed by atoms with Gasteiger partial charge in [0, 0.05) is 22.2 Å². The molecule has 0 aromatic carbocycles. The van der Waals surface area contributed by atoms with Crippen LogP contribution in [0.2, 0.25) is 0 Å². The number of hydrogen-bond acceptors (Lipinski definition) is 7. The van der Waals surface area contributed by atoms with E-state index in [1.54, 1.807) is 23.9 Å². The van der Waals surface area contributed by atoms with Crippen molar-refractivity contribution in [1.29, 1.82) is 5.26 Å². The molecule has 0 unspecified atom stereocenters. The van der Waals surface area contributed by atoms with E-state index in [-0.39, 0.29) is 0 Å². The summed E-state index contributed by atoms with van der Waals surface area (Å²) in [5.41, 5.74) is 2.82. The molecular weight excluding hydrogens is 338 g/mol. The number of aromatic nitrogens is 3. The van der Waals surface area contributed by atoms with Gasteiger partial charge in [-0.15, -0.1) is 22.7 Å². The molecule has 1 aliphatic carbocycles. The van der Waals surface area contributed by atoms with Gasteiger partial charge >= 0.3 is 0 Å². The number of nitrogens with one attached hydrogen (secondary N) is 1. The fourth-order valence-electron chi connectivity index (χ4n) is 2.96. The van der Waals surface area contributed by atoms with Crippen LogP contribution in [0.15, 0.2) is 17.9 Å². The first-order valence-electron chi connectivity index (χ1n) is 7.81. The van der Waals surface area contributed by atoms with Crippen LogP contribution in [0.1, 0.15) is 34.0 Å². The molecule has 0 saturated heterocycles. The number of nitrogens with zero attached hydrogens (tertiary/aromatic N) is 4. The summed E-state index contributed by atoms with van der Waals surface area (Å²) in [6.07, 6.45) is 7.96. The van der Waals surface area contributed by atoms with Crippen molar-refractivity contribution < 1.29 is 0 Å². The number of aryl methyl sites for hydroxylation is 3. The van der Waals surface area contributed by atoms with Gasteiger partial charge in [0.05, 0.1) is 5.39 Å². The Labute approximate surface area is 147 Å². The van der Waals surface area contributed by atoms with Crippen molar-refractivity contribution in [2.24, 2.45) is 0 Å².